The van der Waals surface area contributed by atoms with E-state index in [1.165, 1.54) is 11.8 Å². The van der Waals surface area contributed by atoms with Crippen LogP contribution in [0.4, 0.5) is 0 Å². The molecule has 1 N–H and O–H groups in total. The Morgan fingerprint density at radius 2 is 2.42 bits per heavy atom. The molecule has 68 valence electrons. The molecule has 0 aliphatic carbocycles. The average molecular weight is 186 g/mol. The number of carboxylic acids is 1. The number of rotatable bonds is 6. The van der Waals surface area contributed by atoms with E-state index in [0.29, 0.717) is 12.2 Å². The van der Waals surface area contributed by atoms with Gasteiger partial charge in [0.05, 0.1) is 0 Å². The summed E-state index contributed by atoms with van der Waals surface area (Å²) in [6.45, 7) is 5.43. The van der Waals surface area contributed by atoms with E-state index in [1.807, 2.05) is 19.1 Å². The van der Waals surface area contributed by atoms with Crippen LogP contribution in [0.2, 0.25) is 0 Å². The van der Waals surface area contributed by atoms with Crippen molar-refractivity contribution in [3.63, 3.8) is 0 Å². The first-order valence-electron chi connectivity index (χ1n) is 3.78. The monoisotopic (exact) mass is 186 g/mol. The molecule has 1 atom stereocenters. The van der Waals surface area contributed by atoms with Gasteiger partial charge in [0.15, 0.2) is 0 Å². The van der Waals surface area contributed by atoms with Gasteiger partial charge in [-0.1, -0.05) is 18.2 Å². The standard InChI is InChI=1S/C9H14O2S/c1-3-5-6-8(9(10)11)12-7-4-2/h3-5,8H,2,6-7H2,1H3,(H,10,11)/b5-3+. The van der Waals surface area contributed by atoms with Crippen LogP contribution in [0.15, 0.2) is 24.8 Å². The number of allylic oxidation sites excluding steroid dienone is 2. The van der Waals surface area contributed by atoms with Crippen LogP contribution in [-0.2, 0) is 4.79 Å². The summed E-state index contributed by atoms with van der Waals surface area (Å²) in [7, 11) is 0. The highest BCUT2D eigenvalue weighted by molar-refractivity contribution is 8.00. The minimum atomic E-state index is -0.750. The first-order valence-corrected chi connectivity index (χ1v) is 4.83. The quantitative estimate of drug-likeness (QED) is 0.647. The van der Waals surface area contributed by atoms with Crippen LogP contribution in [0, 0.1) is 0 Å². The fraction of sp³-hybridized carbons (Fsp3) is 0.444. The Morgan fingerprint density at radius 3 is 2.83 bits per heavy atom. The third-order valence-electron chi connectivity index (χ3n) is 1.28. The Morgan fingerprint density at radius 1 is 1.75 bits per heavy atom. The van der Waals surface area contributed by atoms with Gasteiger partial charge < -0.3 is 5.11 Å². The van der Waals surface area contributed by atoms with Crippen LogP contribution in [0.5, 0.6) is 0 Å². The number of aliphatic carboxylic acids is 1. The van der Waals surface area contributed by atoms with Crippen LogP contribution in [0.25, 0.3) is 0 Å². The smallest absolute Gasteiger partial charge is 0.316 e. The van der Waals surface area contributed by atoms with Crippen LogP contribution in [0.3, 0.4) is 0 Å². The summed E-state index contributed by atoms with van der Waals surface area (Å²) in [5.41, 5.74) is 0. The van der Waals surface area contributed by atoms with E-state index in [9.17, 15) is 4.79 Å². The largest absolute Gasteiger partial charge is 0.480 e. The third-order valence-corrected chi connectivity index (χ3v) is 2.50. The zero-order valence-electron chi connectivity index (χ0n) is 7.19. The first-order chi connectivity index (χ1) is 5.72. The normalized spacial score (nSPS) is 13.1. The summed E-state index contributed by atoms with van der Waals surface area (Å²) in [6.07, 6.45) is 6.04. The molecule has 0 heterocycles. The van der Waals surface area contributed by atoms with Crippen molar-refractivity contribution in [3.8, 4) is 0 Å². The summed E-state index contributed by atoms with van der Waals surface area (Å²) in [4.78, 5) is 10.6. The number of carboxylic acid groups (broad SMARTS) is 1. The molecule has 0 aromatic rings. The SMILES string of the molecule is C=CCSC(C/C=C/C)C(=O)O. The summed E-state index contributed by atoms with van der Waals surface area (Å²) >= 11 is 1.40. The number of hydrogen-bond acceptors (Lipinski definition) is 2. The number of thioether (sulfide) groups is 1. The molecule has 0 radical (unpaired) electrons. The zero-order valence-corrected chi connectivity index (χ0v) is 8.01. The topological polar surface area (TPSA) is 37.3 Å². The lowest BCUT2D eigenvalue weighted by Crippen LogP contribution is -2.15. The number of hydrogen-bond donors (Lipinski definition) is 1. The van der Waals surface area contributed by atoms with Crippen molar-refractivity contribution in [3.05, 3.63) is 24.8 Å². The van der Waals surface area contributed by atoms with Crippen molar-refractivity contribution >= 4 is 17.7 Å². The van der Waals surface area contributed by atoms with Gasteiger partial charge >= 0.3 is 5.97 Å². The Kier molecular flexibility index (Phi) is 6.57. The van der Waals surface area contributed by atoms with Gasteiger partial charge in [0.2, 0.25) is 0 Å². The molecule has 0 aromatic carbocycles. The van der Waals surface area contributed by atoms with Crippen molar-refractivity contribution in [2.24, 2.45) is 0 Å². The van der Waals surface area contributed by atoms with E-state index >= 15 is 0 Å². The predicted molar refractivity (Wildman–Crippen MR) is 53.5 cm³/mol. The molecule has 0 aliphatic rings. The highest BCUT2D eigenvalue weighted by Crippen LogP contribution is 2.15. The fourth-order valence-electron chi connectivity index (χ4n) is 0.684. The minimum absolute atomic E-state index is 0.334. The molecule has 0 aromatic heterocycles. The predicted octanol–water partition coefficient (Wildman–Crippen LogP) is 2.33. The summed E-state index contributed by atoms with van der Waals surface area (Å²) in [6, 6.07) is 0. The van der Waals surface area contributed by atoms with Gasteiger partial charge in [-0.3, -0.25) is 4.79 Å². The highest BCUT2D eigenvalue weighted by atomic mass is 32.2. The van der Waals surface area contributed by atoms with Gasteiger partial charge in [0.25, 0.3) is 0 Å². The molecule has 0 saturated carbocycles. The van der Waals surface area contributed by atoms with Crippen molar-refractivity contribution < 1.29 is 9.90 Å². The van der Waals surface area contributed by atoms with Crippen molar-refractivity contribution in [2.75, 3.05) is 5.75 Å². The van der Waals surface area contributed by atoms with Crippen LogP contribution < -0.4 is 0 Å². The van der Waals surface area contributed by atoms with Crippen molar-refractivity contribution in [1.29, 1.82) is 0 Å². The molecule has 0 rings (SSSR count). The first kappa shape index (κ1) is 11.3. The Balaban J connectivity index is 3.85. The molecule has 0 fully saturated rings. The molecule has 1 unspecified atom stereocenters. The van der Waals surface area contributed by atoms with E-state index < -0.39 is 5.97 Å². The van der Waals surface area contributed by atoms with Gasteiger partial charge in [-0.25, -0.2) is 0 Å². The van der Waals surface area contributed by atoms with E-state index in [4.69, 9.17) is 5.11 Å². The van der Waals surface area contributed by atoms with Crippen LogP contribution in [-0.4, -0.2) is 22.1 Å². The van der Waals surface area contributed by atoms with Crippen molar-refractivity contribution in [2.45, 2.75) is 18.6 Å². The van der Waals surface area contributed by atoms with Gasteiger partial charge in [-0.15, -0.1) is 18.3 Å². The lowest BCUT2D eigenvalue weighted by Gasteiger charge is -2.06. The second-order valence-corrected chi connectivity index (χ2v) is 3.49. The molecule has 2 nitrogen and oxygen atoms in total. The summed E-state index contributed by atoms with van der Waals surface area (Å²) in [5.74, 6) is -0.0610. The maximum absolute atomic E-state index is 10.6. The maximum Gasteiger partial charge on any atom is 0.316 e. The lowest BCUT2D eigenvalue weighted by molar-refractivity contribution is -0.136. The van der Waals surface area contributed by atoms with Crippen molar-refractivity contribution in [1.82, 2.24) is 0 Å². The zero-order chi connectivity index (χ0) is 9.40. The molecular weight excluding hydrogens is 172 g/mol. The molecule has 3 heteroatoms. The van der Waals surface area contributed by atoms with Gasteiger partial charge in [-0.2, -0.15) is 0 Å². The second kappa shape index (κ2) is 6.98. The van der Waals surface area contributed by atoms with E-state index in [1.54, 1.807) is 6.08 Å². The van der Waals surface area contributed by atoms with Gasteiger partial charge in [0, 0.05) is 5.75 Å². The van der Waals surface area contributed by atoms with Crippen LogP contribution in [0.1, 0.15) is 13.3 Å². The second-order valence-electron chi connectivity index (χ2n) is 2.25. The Bertz CT molecular complexity index is 175. The Hall–Kier alpha value is -0.700. The molecule has 12 heavy (non-hydrogen) atoms. The van der Waals surface area contributed by atoms with E-state index in [-0.39, 0.29) is 5.25 Å². The summed E-state index contributed by atoms with van der Waals surface area (Å²) < 4.78 is 0. The minimum Gasteiger partial charge on any atom is -0.480 e. The Labute approximate surface area is 77.4 Å². The summed E-state index contributed by atoms with van der Waals surface area (Å²) in [5, 5.41) is 8.40. The molecule has 0 saturated heterocycles. The molecule has 0 aliphatic heterocycles. The highest BCUT2D eigenvalue weighted by Gasteiger charge is 2.14. The van der Waals surface area contributed by atoms with E-state index in [2.05, 4.69) is 6.58 Å². The number of carbonyl (C=O) groups is 1. The third kappa shape index (κ3) is 5.02. The molecule has 0 amide bonds. The van der Waals surface area contributed by atoms with Crippen LogP contribution >= 0.6 is 11.8 Å². The fourth-order valence-corrected chi connectivity index (χ4v) is 1.44. The molecule has 0 spiro atoms. The maximum atomic E-state index is 10.6. The average Bonchev–Trinajstić information content (AvgIpc) is 2.04. The molecule has 0 bridgehead atoms. The van der Waals surface area contributed by atoms with Gasteiger partial charge in [-0.05, 0) is 13.3 Å². The lowest BCUT2D eigenvalue weighted by atomic mass is 10.3. The molecular formula is C9H14O2S. The van der Waals surface area contributed by atoms with Gasteiger partial charge in [0.1, 0.15) is 5.25 Å². The van der Waals surface area contributed by atoms with E-state index in [0.717, 1.165) is 0 Å².